The van der Waals surface area contributed by atoms with Crippen molar-refractivity contribution in [2.45, 2.75) is 19.6 Å². The van der Waals surface area contributed by atoms with E-state index in [0.717, 1.165) is 19.6 Å². The summed E-state index contributed by atoms with van der Waals surface area (Å²) in [6.07, 6.45) is 1.12. The predicted molar refractivity (Wildman–Crippen MR) is 117 cm³/mol. The van der Waals surface area contributed by atoms with Gasteiger partial charge in [0.05, 0.1) is 0 Å². The lowest BCUT2D eigenvalue weighted by Gasteiger charge is -2.23. The van der Waals surface area contributed by atoms with E-state index in [0.29, 0.717) is 12.2 Å². The van der Waals surface area contributed by atoms with E-state index in [4.69, 9.17) is 10.2 Å². The topological polar surface area (TPSA) is 77.8 Å². The zero-order valence-electron chi connectivity index (χ0n) is 16.6. The van der Waals surface area contributed by atoms with Gasteiger partial charge in [0.1, 0.15) is 0 Å². The lowest BCUT2D eigenvalue weighted by atomic mass is 10.1. The highest BCUT2D eigenvalue weighted by Crippen LogP contribution is 2.14. The van der Waals surface area contributed by atoms with Crippen LogP contribution in [-0.4, -0.2) is 27.1 Å². The molecule has 0 atom stereocenters. The van der Waals surface area contributed by atoms with Gasteiger partial charge in [-0.3, -0.25) is 4.90 Å². The Labute approximate surface area is 176 Å². The lowest BCUT2D eigenvalue weighted by Crippen LogP contribution is -2.22. The van der Waals surface area contributed by atoms with E-state index in [9.17, 15) is 9.59 Å². The highest BCUT2D eigenvalue weighted by molar-refractivity contribution is 5.89. The van der Waals surface area contributed by atoms with Gasteiger partial charge in [-0.1, -0.05) is 91.0 Å². The Morgan fingerprint density at radius 3 is 1.07 bits per heavy atom. The first-order valence-electron chi connectivity index (χ1n) is 9.51. The van der Waals surface area contributed by atoms with Gasteiger partial charge in [0.25, 0.3) is 0 Å². The molecule has 5 nitrogen and oxygen atoms in total. The first-order valence-corrected chi connectivity index (χ1v) is 9.51. The molecule has 2 N–H and O–H groups in total. The number of hydrogen-bond donors (Lipinski definition) is 2. The molecule has 0 radical (unpaired) electrons. The van der Waals surface area contributed by atoms with E-state index < -0.39 is 11.9 Å². The number of rotatable bonds is 8. The molecule has 0 aliphatic rings. The number of carbonyl (C=O) groups is 2. The number of benzene rings is 3. The van der Waals surface area contributed by atoms with Gasteiger partial charge < -0.3 is 10.2 Å². The second-order valence-electron chi connectivity index (χ2n) is 6.61. The van der Waals surface area contributed by atoms with Crippen molar-refractivity contribution >= 4 is 11.9 Å². The minimum Gasteiger partial charge on any atom is -0.478 e. The molecule has 0 saturated carbocycles. The van der Waals surface area contributed by atoms with Crippen LogP contribution in [0.5, 0.6) is 0 Å². The molecule has 0 heterocycles. The third-order valence-corrected chi connectivity index (χ3v) is 4.12. The molecule has 0 aliphatic heterocycles. The van der Waals surface area contributed by atoms with Gasteiger partial charge in [0.15, 0.2) is 0 Å². The van der Waals surface area contributed by atoms with Crippen molar-refractivity contribution in [3.63, 3.8) is 0 Å². The number of hydrogen-bond acceptors (Lipinski definition) is 3. The number of carboxylic acids is 2. The van der Waals surface area contributed by atoms with Crippen LogP contribution < -0.4 is 0 Å². The average molecular weight is 403 g/mol. The first kappa shape index (κ1) is 22.6. The van der Waals surface area contributed by atoms with Gasteiger partial charge in [-0.2, -0.15) is 0 Å². The maximum atomic E-state index is 9.55. The van der Waals surface area contributed by atoms with E-state index >= 15 is 0 Å². The Kier molecular flexibility index (Phi) is 9.56. The van der Waals surface area contributed by atoms with E-state index in [-0.39, 0.29) is 0 Å². The van der Waals surface area contributed by atoms with Gasteiger partial charge in [-0.15, -0.1) is 0 Å². The minimum atomic E-state index is -1.26. The Balaban J connectivity index is 0.000000343. The Hall–Kier alpha value is -3.70. The predicted octanol–water partition coefficient (Wildman–Crippen LogP) is 4.60. The third kappa shape index (κ3) is 9.48. The van der Waals surface area contributed by atoms with Crippen LogP contribution in [0.1, 0.15) is 16.7 Å². The summed E-state index contributed by atoms with van der Waals surface area (Å²) in [4.78, 5) is 21.6. The molecule has 0 bridgehead atoms. The zero-order valence-corrected chi connectivity index (χ0v) is 16.6. The molecule has 0 aliphatic carbocycles. The number of aliphatic carboxylic acids is 2. The summed E-state index contributed by atoms with van der Waals surface area (Å²) in [7, 11) is 0. The summed E-state index contributed by atoms with van der Waals surface area (Å²) in [6, 6.07) is 32.1. The molecule has 3 rings (SSSR count). The molecule has 30 heavy (non-hydrogen) atoms. The normalized spacial score (nSPS) is 10.4. The summed E-state index contributed by atoms with van der Waals surface area (Å²) in [5.41, 5.74) is 4.07. The van der Waals surface area contributed by atoms with E-state index in [1.54, 1.807) is 0 Å². The van der Waals surface area contributed by atoms with Crippen molar-refractivity contribution < 1.29 is 19.8 Å². The molecule has 0 aromatic heterocycles. The zero-order chi connectivity index (χ0) is 21.6. The van der Waals surface area contributed by atoms with Crippen LogP contribution in [0.2, 0.25) is 0 Å². The van der Waals surface area contributed by atoms with Crippen molar-refractivity contribution in [2.75, 3.05) is 0 Å². The first-order chi connectivity index (χ1) is 14.5. The van der Waals surface area contributed by atoms with Gasteiger partial charge in [-0.25, -0.2) is 9.59 Å². The second kappa shape index (κ2) is 12.7. The summed E-state index contributed by atoms with van der Waals surface area (Å²) < 4.78 is 0. The van der Waals surface area contributed by atoms with Gasteiger partial charge in [0, 0.05) is 31.8 Å². The SMILES string of the molecule is O=C(O)C=CC(=O)O.c1ccc(CN(Cc2ccccc2)Cc2ccccc2)cc1. The van der Waals surface area contributed by atoms with Gasteiger partial charge in [0.2, 0.25) is 0 Å². The molecule has 0 saturated heterocycles. The molecule has 0 fully saturated rings. The highest BCUT2D eigenvalue weighted by Gasteiger charge is 2.08. The van der Waals surface area contributed by atoms with Crippen LogP contribution in [0, 0.1) is 0 Å². The smallest absolute Gasteiger partial charge is 0.328 e. The Morgan fingerprint density at radius 1 is 0.567 bits per heavy atom. The van der Waals surface area contributed by atoms with Crippen LogP contribution >= 0.6 is 0 Å². The summed E-state index contributed by atoms with van der Waals surface area (Å²) >= 11 is 0. The summed E-state index contributed by atoms with van der Waals surface area (Å²) in [5.74, 6) is -2.51. The van der Waals surface area contributed by atoms with Crippen molar-refractivity contribution in [1.29, 1.82) is 0 Å². The Bertz CT molecular complexity index is 810. The molecule has 154 valence electrons. The van der Waals surface area contributed by atoms with E-state index in [1.807, 2.05) is 0 Å². The second-order valence-corrected chi connectivity index (χ2v) is 6.61. The molecule has 0 unspecified atom stereocenters. The fourth-order valence-electron chi connectivity index (χ4n) is 2.84. The number of carboxylic acid groups (broad SMARTS) is 2. The van der Waals surface area contributed by atoms with Crippen molar-refractivity contribution in [3.8, 4) is 0 Å². The molecule has 5 heteroatoms. The van der Waals surface area contributed by atoms with Gasteiger partial charge >= 0.3 is 11.9 Å². The average Bonchev–Trinajstić information content (AvgIpc) is 2.75. The Morgan fingerprint density at radius 2 is 0.833 bits per heavy atom. The maximum absolute atomic E-state index is 9.55. The molecule has 0 spiro atoms. The summed E-state index contributed by atoms with van der Waals surface area (Å²) in [6.45, 7) is 2.89. The quantitative estimate of drug-likeness (QED) is 0.538. The van der Waals surface area contributed by atoms with Crippen molar-refractivity contribution in [3.05, 3.63) is 120 Å². The molecule has 3 aromatic carbocycles. The van der Waals surface area contributed by atoms with Crippen LogP contribution in [0.25, 0.3) is 0 Å². The van der Waals surface area contributed by atoms with Crippen LogP contribution in [0.4, 0.5) is 0 Å². The van der Waals surface area contributed by atoms with Crippen LogP contribution in [0.3, 0.4) is 0 Å². The standard InChI is InChI=1S/C21H21N.C4H4O4/c1-4-10-19(11-5-1)16-22(17-20-12-6-2-7-13-20)18-21-14-8-3-9-15-21;5-3(6)1-2-4(7)8/h1-15H,16-18H2;1-2H,(H,5,6)(H,7,8). The van der Waals surface area contributed by atoms with Gasteiger partial charge in [-0.05, 0) is 16.7 Å². The van der Waals surface area contributed by atoms with Crippen molar-refractivity contribution in [2.24, 2.45) is 0 Å². The fraction of sp³-hybridized carbons (Fsp3) is 0.120. The van der Waals surface area contributed by atoms with Crippen molar-refractivity contribution in [1.82, 2.24) is 4.90 Å². The van der Waals surface area contributed by atoms with E-state index in [1.165, 1.54) is 16.7 Å². The summed E-state index contributed by atoms with van der Waals surface area (Å²) in [5, 5.41) is 15.6. The molecule has 3 aromatic rings. The molecular formula is C25H25NO4. The maximum Gasteiger partial charge on any atom is 0.328 e. The molecular weight excluding hydrogens is 378 g/mol. The highest BCUT2D eigenvalue weighted by atomic mass is 16.4. The lowest BCUT2D eigenvalue weighted by molar-refractivity contribution is -0.134. The van der Waals surface area contributed by atoms with E-state index in [2.05, 4.69) is 95.9 Å². The number of nitrogens with zero attached hydrogens (tertiary/aromatic N) is 1. The molecule has 0 amide bonds. The monoisotopic (exact) mass is 403 g/mol. The van der Waals surface area contributed by atoms with Crippen LogP contribution in [0.15, 0.2) is 103 Å². The largest absolute Gasteiger partial charge is 0.478 e. The van der Waals surface area contributed by atoms with Crippen LogP contribution in [-0.2, 0) is 29.2 Å². The third-order valence-electron chi connectivity index (χ3n) is 4.12. The minimum absolute atomic E-state index is 0.558. The fourth-order valence-corrected chi connectivity index (χ4v) is 2.84.